The quantitative estimate of drug-likeness (QED) is 0.451. The molecule has 1 aromatic carbocycles. The first kappa shape index (κ1) is 18.6. The highest BCUT2D eigenvalue weighted by molar-refractivity contribution is 5.79. The zero-order chi connectivity index (χ0) is 17.2. The molecule has 0 spiro atoms. The SMILES string of the molecule is CCNC(=NCCCN(C)c1ccccc1)N(C)CC1CCOC1. The molecular formula is C19H32N4O. The zero-order valence-corrected chi connectivity index (χ0v) is 15.4. The number of hydrogen-bond acceptors (Lipinski definition) is 3. The molecule has 1 aliphatic heterocycles. The van der Waals surface area contributed by atoms with Gasteiger partial charge in [-0.25, -0.2) is 0 Å². The highest BCUT2D eigenvalue weighted by atomic mass is 16.5. The van der Waals surface area contributed by atoms with Crippen LogP contribution >= 0.6 is 0 Å². The molecule has 1 fully saturated rings. The highest BCUT2D eigenvalue weighted by Crippen LogP contribution is 2.13. The average molecular weight is 332 g/mol. The summed E-state index contributed by atoms with van der Waals surface area (Å²) in [5.41, 5.74) is 1.26. The lowest BCUT2D eigenvalue weighted by molar-refractivity contribution is 0.181. The molecule has 24 heavy (non-hydrogen) atoms. The normalized spacial score (nSPS) is 17.8. The van der Waals surface area contributed by atoms with Crippen LogP contribution in [0.3, 0.4) is 0 Å². The van der Waals surface area contributed by atoms with Crippen molar-refractivity contribution in [2.75, 3.05) is 58.4 Å². The van der Waals surface area contributed by atoms with Crippen LogP contribution in [0.25, 0.3) is 0 Å². The van der Waals surface area contributed by atoms with Crippen molar-refractivity contribution in [3.05, 3.63) is 30.3 Å². The van der Waals surface area contributed by atoms with E-state index in [9.17, 15) is 0 Å². The predicted molar refractivity (Wildman–Crippen MR) is 102 cm³/mol. The number of nitrogens with one attached hydrogen (secondary N) is 1. The first-order chi connectivity index (χ1) is 11.7. The molecule has 0 aromatic heterocycles. The summed E-state index contributed by atoms with van der Waals surface area (Å²) in [4.78, 5) is 9.30. The summed E-state index contributed by atoms with van der Waals surface area (Å²) in [6.45, 7) is 7.65. The van der Waals surface area contributed by atoms with Gasteiger partial charge in [-0.15, -0.1) is 0 Å². The van der Waals surface area contributed by atoms with E-state index < -0.39 is 0 Å². The predicted octanol–water partition coefficient (Wildman–Crippen LogP) is 2.45. The van der Waals surface area contributed by atoms with Gasteiger partial charge in [0.1, 0.15) is 0 Å². The van der Waals surface area contributed by atoms with E-state index in [0.717, 1.165) is 58.2 Å². The number of aliphatic imine (C=N–C) groups is 1. The largest absolute Gasteiger partial charge is 0.381 e. The third-order valence-electron chi connectivity index (χ3n) is 4.36. The average Bonchev–Trinajstić information content (AvgIpc) is 3.11. The van der Waals surface area contributed by atoms with Crippen molar-refractivity contribution >= 4 is 11.6 Å². The van der Waals surface area contributed by atoms with Crippen molar-refractivity contribution in [3.63, 3.8) is 0 Å². The summed E-state index contributed by atoms with van der Waals surface area (Å²) in [5.74, 6) is 1.63. The van der Waals surface area contributed by atoms with Gasteiger partial charge < -0.3 is 19.9 Å². The van der Waals surface area contributed by atoms with Crippen LogP contribution in [-0.4, -0.2) is 64.3 Å². The smallest absolute Gasteiger partial charge is 0.193 e. The van der Waals surface area contributed by atoms with E-state index in [1.807, 2.05) is 0 Å². The minimum Gasteiger partial charge on any atom is -0.381 e. The number of guanidine groups is 1. The summed E-state index contributed by atoms with van der Waals surface area (Å²) in [6, 6.07) is 10.5. The van der Waals surface area contributed by atoms with Gasteiger partial charge >= 0.3 is 0 Å². The second-order valence-corrected chi connectivity index (χ2v) is 6.46. The van der Waals surface area contributed by atoms with Crippen molar-refractivity contribution in [1.29, 1.82) is 0 Å². The first-order valence-corrected chi connectivity index (χ1v) is 9.04. The lowest BCUT2D eigenvalue weighted by Gasteiger charge is -2.24. The van der Waals surface area contributed by atoms with Crippen LogP contribution in [0, 0.1) is 5.92 Å². The minimum absolute atomic E-state index is 0.628. The van der Waals surface area contributed by atoms with Crippen LogP contribution in [0.15, 0.2) is 35.3 Å². The third-order valence-corrected chi connectivity index (χ3v) is 4.36. The van der Waals surface area contributed by atoms with Crippen LogP contribution in [-0.2, 0) is 4.74 Å². The van der Waals surface area contributed by atoms with Crippen LogP contribution in [0.5, 0.6) is 0 Å². The third kappa shape index (κ3) is 6.04. The Morgan fingerprint density at radius 2 is 2.08 bits per heavy atom. The van der Waals surface area contributed by atoms with E-state index in [1.165, 1.54) is 5.69 Å². The fourth-order valence-electron chi connectivity index (χ4n) is 2.98. The minimum atomic E-state index is 0.628. The van der Waals surface area contributed by atoms with E-state index in [-0.39, 0.29) is 0 Å². The molecule has 5 heteroatoms. The van der Waals surface area contributed by atoms with Crippen molar-refractivity contribution < 1.29 is 4.74 Å². The molecule has 5 nitrogen and oxygen atoms in total. The van der Waals surface area contributed by atoms with Crippen molar-refractivity contribution in [2.45, 2.75) is 19.8 Å². The fourth-order valence-corrected chi connectivity index (χ4v) is 2.98. The number of ether oxygens (including phenoxy) is 1. The molecule has 0 radical (unpaired) electrons. The van der Waals surface area contributed by atoms with Gasteiger partial charge in [0.2, 0.25) is 0 Å². The second-order valence-electron chi connectivity index (χ2n) is 6.46. The number of anilines is 1. The molecule has 1 heterocycles. The van der Waals surface area contributed by atoms with Gasteiger partial charge in [-0.05, 0) is 31.9 Å². The monoisotopic (exact) mass is 332 g/mol. The van der Waals surface area contributed by atoms with E-state index in [1.54, 1.807) is 0 Å². The van der Waals surface area contributed by atoms with Crippen molar-refractivity contribution in [1.82, 2.24) is 10.2 Å². The van der Waals surface area contributed by atoms with E-state index in [0.29, 0.717) is 5.92 Å². The Hall–Kier alpha value is -1.75. The summed E-state index contributed by atoms with van der Waals surface area (Å²) in [6.07, 6.45) is 2.20. The summed E-state index contributed by atoms with van der Waals surface area (Å²) in [7, 11) is 4.26. The van der Waals surface area contributed by atoms with E-state index in [2.05, 4.69) is 66.5 Å². The van der Waals surface area contributed by atoms with Crippen molar-refractivity contribution in [2.24, 2.45) is 10.9 Å². The Morgan fingerprint density at radius 3 is 2.75 bits per heavy atom. The van der Waals surface area contributed by atoms with Gasteiger partial charge in [0, 0.05) is 58.5 Å². The lowest BCUT2D eigenvalue weighted by Crippen LogP contribution is -2.41. The Balaban J connectivity index is 1.77. The molecule has 1 aromatic rings. The maximum Gasteiger partial charge on any atom is 0.193 e. The summed E-state index contributed by atoms with van der Waals surface area (Å²) in [5, 5.41) is 3.40. The Kier molecular flexibility index (Phi) is 7.89. The van der Waals surface area contributed by atoms with Crippen LogP contribution in [0.4, 0.5) is 5.69 Å². The Morgan fingerprint density at radius 1 is 1.29 bits per heavy atom. The van der Waals surface area contributed by atoms with Crippen LogP contribution in [0.2, 0.25) is 0 Å². The van der Waals surface area contributed by atoms with Gasteiger partial charge in [0.15, 0.2) is 5.96 Å². The lowest BCUT2D eigenvalue weighted by atomic mass is 10.1. The second kappa shape index (κ2) is 10.2. The van der Waals surface area contributed by atoms with Gasteiger partial charge in [-0.3, -0.25) is 4.99 Å². The fraction of sp³-hybridized carbons (Fsp3) is 0.632. The maximum absolute atomic E-state index is 5.47. The highest BCUT2D eigenvalue weighted by Gasteiger charge is 2.18. The maximum atomic E-state index is 5.47. The number of hydrogen-bond donors (Lipinski definition) is 1. The van der Waals surface area contributed by atoms with Crippen LogP contribution in [0.1, 0.15) is 19.8 Å². The number of nitrogens with zero attached hydrogens (tertiary/aromatic N) is 3. The topological polar surface area (TPSA) is 40.1 Å². The molecule has 0 aliphatic carbocycles. The molecule has 1 saturated heterocycles. The molecule has 134 valence electrons. The first-order valence-electron chi connectivity index (χ1n) is 9.04. The molecule has 0 amide bonds. The number of benzene rings is 1. The molecule has 0 saturated carbocycles. The molecule has 1 N–H and O–H groups in total. The molecule has 2 rings (SSSR count). The van der Waals surface area contributed by atoms with E-state index >= 15 is 0 Å². The van der Waals surface area contributed by atoms with Crippen molar-refractivity contribution in [3.8, 4) is 0 Å². The van der Waals surface area contributed by atoms with Gasteiger partial charge in [0.25, 0.3) is 0 Å². The number of rotatable bonds is 8. The van der Waals surface area contributed by atoms with Gasteiger partial charge in [-0.1, -0.05) is 18.2 Å². The van der Waals surface area contributed by atoms with E-state index in [4.69, 9.17) is 9.73 Å². The van der Waals surface area contributed by atoms with Crippen LogP contribution < -0.4 is 10.2 Å². The Bertz CT molecular complexity index is 485. The summed E-state index contributed by atoms with van der Waals surface area (Å²) < 4.78 is 5.47. The molecular weight excluding hydrogens is 300 g/mol. The Labute approximate surface area is 146 Å². The molecule has 0 bridgehead atoms. The standard InChI is InChI=1S/C19H32N4O/c1-4-20-19(23(3)15-17-11-14-24-16-17)21-12-8-13-22(2)18-9-6-5-7-10-18/h5-7,9-10,17H,4,8,11-16H2,1-3H3,(H,20,21). The molecule has 1 unspecified atom stereocenters. The van der Waals surface area contributed by atoms with Gasteiger partial charge in [0.05, 0.1) is 6.61 Å². The number of para-hydroxylation sites is 1. The zero-order valence-electron chi connectivity index (χ0n) is 15.4. The molecule has 1 aliphatic rings. The van der Waals surface area contributed by atoms with Gasteiger partial charge in [-0.2, -0.15) is 0 Å². The molecule has 1 atom stereocenters. The summed E-state index contributed by atoms with van der Waals surface area (Å²) >= 11 is 0.